The summed E-state index contributed by atoms with van der Waals surface area (Å²) in [4.78, 5) is 2.47. The third kappa shape index (κ3) is 2.73. The summed E-state index contributed by atoms with van der Waals surface area (Å²) in [5.74, 6) is 0. The van der Waals surface area contributed by atoms with Crippen LogP contribution in [0.5, 0.6) is 0 Å². The summed E-state index contributed by atoms with van der Waals surface area (Å²) in [7, 11) is 2.24. The van der Waals surface area contributed by atoms with Crippen LogP contribution in [0.15, 0.2) is 0 Å². The van der Waals surface area contributed by atoms with Gasteiger partial charge >= 0.3 is 0 Å². The minimum Gasteiger partial charge on any atom is -0.312 e. The second kappa shape index (κ2) is 4.42. The average molecular weight is 210 g/mol. The molecule has 2 heteroatoms. The van der Waals surface area contributed by atoms with Crippen molar-refractivity contribution in [2.75, 3.05) is 20.1 Å². The van der Waals surface area contributed by atoms with Gasteiger partial charge in [0.1, 0.15) is 0 Å². The Morgan fingerprint density at radius 2 is 2.13 bits per heavy atom. The van der Waals surface area contributed by atoms with Crippen LogP contribution in [-0.2, 0) is 0 Å². The van der Waals surface area contributed by atoms with Crippen molar-refractivity contribution >= 4 is 0 Å². The van der Waals surface area contributed by atoms with Crippen LogP contribution >= 0.6 is 0 Å². The fraction of sp³-hybridized carbons (Fsp3) is 1.00. The lowest BCUT2D eigenvalue weighted by molar-refractivity contribution is 0.323. The maximum Gasteiger partial charge on any atom is 0.0210 e. The van der Waals surface area contributed by atoms with Crippen molar-refractivity contribution < 1.29 is 0 Å². The van der Waals surface area contributed by atoms with Crippen molar-refractivity contribution in [1.82, 2.24) is 10.2 Å². The number of nitrogens with one attached hydrogen (secondary N) is 1. The third-order valence-electron chi connectivity index (χ3n) is 4.39. The predicted octanol–water partition coefficient (Wildman–Crippen LogP) is 2.25. The molecule has 2 unspecified atom stereocenters. The smallest absolute Gasteiger partial charge is 0.0210 e. The second-order valence-corrected chi connectivity index (χ2v) is 5.85. The van der Waals surface area contributed by atoms with Gasteiger partial charge in [-0.1, -0.05) is 13.3 Å². The van der Waals surface area contributed by atoms with Gasteiger partial charge in [-0.15, -0.1) is 0 Å². The summed E-state index contributed by atoms with van der Waals surface area (Å²) in [6, 6.07) is 1.52. The zero-order chi connectivity index (χ0) is 10.9. The van der Waals surface area contributed by atoms with Gasteiger partial charge in [0.15, 0.2) is 0 Å². The van der Waals surface area contributed by atoms with Crippen molar-refractivity contribution in [3.05, 3.63) is 0 Å². The minimum atomic E-state index is 0.707. The first kappa shape index (κ1) is 11.4. The normalized spacial score (nSPS) is 34.6. The molecule has 2 nitrogen and oxygen atoms in total. The van der Waals surface area contributed by atoms with Gasteiger partial charge in [0.05, 0.1) is 0 Å². The maximum absolute atomic E-state index is 3.79. The van der Waals surface area contributed by atoms with Crippen LogP contribution in [0.4, 0.5) is 0 Å². The van der Waals surface area contributed by atoms with Gasteiger partial charge in [-0.2, -0.15) is 0 Å². The first-order valence-corrected chi connectivity index (χ1v) is 6.59. The molecule has 2 atom stereocenters. The monoisotopic (exact) mass is 210 g/mol. The van der Waals surface area contributed by atoms with Gasteiger partial charge in [-0.3, -0.25) is 0 Å². The molecule has 1 N–H and O–H groups in total. The predicted molar refractivity (Wildman–Crippen MR) is 65.1 cm³/mol. The fourth-order valence-electron chi connectivity index (χ4n) is 2.92. The van der Waals surface area contributed by atoms with Gasteiger partial charge in [0, 0.05) is 25.2 Å². The van der Waals surface area contributed by atoms with Crippen LogP contribution in [0.25, 0.3) is 0 Å². The Morgan fingerprint density at radius 3 is 2.60 bits per heavy atom. The topological polar surface area (TPSA) is 15.3 Å². The lowest BCUT2D eigenvalue weighted by Gasteiger charge is -2.19. The van der Waals surface area contributed by atoms with Crippen LogP contribution in [0, 0.1) is 5.41 Å². The van der Waals surface area contributed by atoms with E-state index in [0.29, 0.717) is 5.41 Å². The Labute approximate surface area is 94.4 Å². The largest absolute Gasteiger partial charge is 0.312 e. The lowest BCUT2D eigenvalue weighted by atomic mass is 10.0. The van der Waals surface area contributed by atoms with E-state index >= 15 is 0 Å². The number of rotatable bonds is 5. The van der Waals surface area contributed by atoms with E-state index in [4.69, 9.17) is 0 Å². The number of likely N-dealkylation sites (tertiary alicyclic amines) is 1. The quantitative estimate of drug-likeness (QED) is 0.749. The lowest BCUT2D eigenvalue weighted by Crippen LogP contribution is -2.35. The van der Waals surface area contributed by atoms with Crippen LogP contribution < -0.4 is 5.32 Å². The van der Waals surface area contributed by atoms with Crippen LogP contribution in [0.3, 0.4) is 0 Å². The van der Waals surface area contributed by atoms with E-state index in [9.17, 15) is 0 Å². The minimum absolute atomic E-state index is 0.707. The SMILES string of the molecule is CCCC1(CNC2CC(C)N(C)C2)CC1. The number of likely N-dealkylation sites (N-methyl/N-ethyl adjacent to an activating group) is 1. The summed E-state index contributed by atoms with van der Waals surface area (Å²) in [6.45, 7) is 7.15. The molecule has 0 amide bonds. The van der Waals surface area contributed by atoms with E-state index in [1.165, 1.54) is 45.2 Å². The van der Waals surface area contributed by atoms with E-state index in [0.717, 1.165) is 12.1 Å². The molecule has 1 aliphatic heterocycles. The average Bonchev–Trinajstić information content (AvgIpc) is 2.88. The highest BCUT2D eigenvalue weighted by Crippen LogP contribution is 2.49. The van der Waals surface area contributed by atoms with Crippen LogP contribution in [0.2, 0.25) is 0 Å². The zero-order valence-electron chi connectivity index (χ0n) is 10.6. The molecule has 0 radical (unpaired) electrons. The van der Waals surface area contributed by atoms with E-state index in [1.807, 2.05) is 0 Å². The number of nitrogens with zero attached hydrogens (tertiary/aromatic N) is 1. The highest BCUT2D eigenvalue weighted by Gasteiger charge is 2.41. The van der Waals surface area contributed by atoms with E-state index in [2.05, 4.69) is 31.1 Å². The first-order chi connectivity index (χ1) is 7.15. The molecule has 1 aliphatic carbocycles. The maximum atomic E-state index is 3.79. The zero-order valence-corrected chi connectivity index (χ0v) is 10.6. The van der Waals surface area contributed by atoms with Crippen molar-refractivity contribution in [3.8, 4) is 0 Å². The highest BCUT2D eigenvalue weighted by molar-refractivity contribution is 4.96. The third-order valence-corrected chi connectivity index (χ3v) is 4.39. The Hall–Kier alpha value is -0.0800. The Morgan fingerprint density at radius 1 is 1.40 bits per heavy atom. The molecule has 0 aromatic rings. The molecule has 0 aromatic carbocycles. The van der Waals surface area contributed by atoms with Crippen molar-refractivity contribution in [2.45, 2.75) is 58.0 Å². The molecule has 1 heterocycles. The molecule has 1 saturated carbocycles. The highest BCUT2D eigenvalue weighted by atomic mass is 15.2. The molecule has 0 aromatic heterocycles. The van der Waals surface area contributed by atoms with Crippen LogP contribution in [0.1, 0.15) is 46.0 Å². The molecule has 15 heavy (non-hydrogen) atoms. The van der Waals surface area contributed by atoms with Gasteiger partial charge < -0.3 is 10.2 Å². The van der Waals surface area contributed by atoms with Gasteiger partial charge in [-0.25, -0.2) is 0 Å². The summed E-state index contributed by atoms with van der Waals surface area (Å²) < 4.78 is 0. The molecule has 2 aliphatic rings. The standard InChI is InChI=1S/C13H26N2/c1-4-5-13(6-7-13)10-14-12-8-11(2)15(3)9-12/h11-12,14H,4-10H2,1-3H3. The Balaban J connectivity index is 1.70. The van der Waals surface area contributed by atoms with Gasteiger partial charge in [-0.05, 0) is 45.1 Å². The van der Waals surface area contributed by atoms with E-state index in [1.54, 1.807) is 0 Å². The second-order valence-electron chi connectivity index (χ2n) is 5.85. The van der Waals surface area contributed by atoms with E-state index < -0.39 is 0 Å². The van der Waals surface area contributed by atoms with Crippen molar-refractivity contribution in [1.29, 1.82) is 0 Å². The number of hydrogen-bond acceptors (Lipinski definition) is 2. The summed E-state index contributed by atoms with van der Waals surface area (Å²) in [6.07, 6.45) is 7.04. The molecule has 2 fully saturated rings. The van der Waals surface area contributed by atoms with Crippen molar-refractivity contribution in [3.63, 3.8) is 0 Å². The van der Waals surface area contributed by atoms with Crippen molar-refractivity contribution in [2.24, 2.45) is 5.41 Å². The summed E-state index contributed by atoms with van der Waals surface area (Å²) in [5.41, 5.74) is 0.707. The molecular weight excluding hydrogens is 184 g/mol. The summed E-state index contributed by atoms with van der Waals surface area (Å²) in [5, 5.41) is 3.79. The molecule has 2 rings (SSSR count). The Kier molecular flexibility index (Phi) is 3.36. The molecule has 88 valence electrons. The summed E-state index contributed by atoms with van der Waals surface area (Å²) >= 11 is 0. The number of hydrogen-bond donors (Lipinski definition) is 1. The van der Waals surface area contributed by atoms with Gasteiger partial charge in [0.25, 0.3) is 0 Å². The molecule has 0 spiro atoms. The molecular formula is C13H26N2. The fourth-order valence-corrected chi connectivity index (χ4v) is 2.92. The molecule has 1 saturated heterocycles. The Bertz CT molecular complexity index is 201. The molecule has 0 bridgehead atoms. The first-order valence-electron chi connectivity index (χ1n) is 6.59. The van der Waals surface area contributed by atoms with E-state index in [-0.39, 0.29) is 0 Å². The van der Waals surface area contributed by atoms with Crippen LogP contribution in [-0.4, -0.2) is 37.1 Å². The van der Waals surface area contributed by atoms with Gasteiger partial charge in [0.2, 0.25) is 0 Å².